The topological polar surface area (TPSA) is 28.2 Å². The number of nitrogens with zero attached hydrogens (tertiary/aromatic N) is 2. The molecule has 1 aliphatic rings. The summed E-state index contributed by atoms with van der Waals surface area (Å²) in [7, 11) is 2.01. The van der Waals surface area contributed by atoms with Crippen molar-refractivity contribution < 1.29 is 0 Å². The Kier molecular flexibility index (Phi) is 5.64. The first kappa shape index (κ1) is 14.3. The van der Waals surface area contributed by atoms with Crippen LogP contribution in [0.1, 0.15) is 43.7 Å². The van der Waals surface area contributed by atoms with E-state index in [2.05, 4.69) is 28.2 Å². The summed E-state index contributed by atoms with van der Waals surface area (Å²) in [6.07, 6.45) is 9.63. The van der Waals surface area contributed by atoms with Gasteiger partial charge in [-0.3, -0.25) is 0 Å². The number of hydrogen-bond donors (Lipinski definition) is 1. The van der Waals surface area contributed by atoms with Crippen molar-refractivity contribution in [2.24, 2.45) is 0 Å². The van der Waals surface area contributed by atoms with Gasteiger partial charge in [-0.05, 0) is 49.9 Å². The van der Waals surface area contributed by atoms with E-state index in [0.717, 1.165) is 19.6 Å². The first-order valence-corrected chi connectivity index (χ1v) is 7.73. The molecule has 0 spiro atoms. The minimum atomic E-state index is 1.03. The van der Waals surface area contributed by atoms with Crippen LogP contribution >= 0.6 is 0 Å². The average molecular weight is 261 g/mol. The van der Waals surface area contributed by atoms with Crippen LogP contribution in [0.4, 0.5) is 5.82 Å². The maximum Gasteiger partial charge on any atom is 0.132 e. The number of aryl methyl sites for hydroxylation is 1. The number of fused-ring (bicyclic) bond motifs is 1. The monoisotopic (exact) mass is 261 g/mol. The third-order valence-corrected chi connectivity index (χ3v) is 3.97. The lowest BCUT2D eigenvalue weighted by Crippen LogP contribution is -2.35. The summed E-state index contributed by atoms with van der Waals surface area (Å²) in [5, 5.41) is 3.23. The van der Waals surface area contributed by atoms with Gasteiger partial charge in [-0.2, -0.15) is 0 Å². The summed E-state index contributed by atoms with van der Waals surface area (Å²) in [4.78, 5) is 7.08. The highest BCUT2D eigenvalue weighted by Gasteiger charge is 2.19. The van der Waals surface area contributed by atoms with E-state index < -0.39 is 0 Å². The standard InChI is InChI=1S/C16H27N3/c1-3-4-5-7-14-9-10-18-16-15(14)8-6-12-19(16)13-11-17-2/h9-10,17H,3-8,11-13H2,1-2H3. The number of pyridine rings is 1. The molecular weight excluding hydrogens is 234 g/mol. The molecule has 1 aromatic heterocycles. The van der Waals surface area contributed by atoms with Gasteiger partial charge in [-0.25, -0.2) is 4.98 Å². The van der Waals surface area contributed by atoms with Crippen molar-refractivity contribution in [1.29, 1.82) is 0 Å². The molecule has 0 amide bonds. The summed E-state index contributed by atoms with van der Waals surface area (Å²) in [6.45, 7) is 5.51. The lowest BCUT2D eigenvalue weighted by Gasteiger charge is -2.31. The van der Waals surface area contributed by atoms with Gasteiger partial charge in [0.15, 0.2) is 0 Å². The van der Waals surface area contributed by atoms with Gasteiger partial charge in [0.2, 0.25) is 0 Å². The van der Waals surface area contributed by atoms with Crippen molar-refractivity contribution in [3.63, 3.8) is 0 Å². The number of nitrogens with one attached hydrogen (secondary N) is 1. The fraction of sp³-hybridized carbons (Fsp3) is 0.688. The van der Waals surface area contributed by atoms with Gasteiger partial charge in [0.05, 0.1) is 0 Å². The Balaban J connectivity index is 2.11. The second kappa shape index (κ2) is 7.49. The summed E-state index contributed by atoms with van der Waals surface area (Å²) in [5.74, 6) is 1.25. The highest BCUT2D eigenvalue weighted by molar-refractivity contribution is 5.52. The highest BCUT2D eigenvalue weighted by Crippen LogP contribution is 2.28. The molecule has 0 aliphatic carbocycles. The number of aromatic nitrogens is 1. The molecular formula is C16H27N3. The predicted molar refractivity (Wildman–Crippen MR) is 81.9 cm³/mol. The van der Waals surface area contributed by atoms with Gasteiger partial charge in [-0.1, -0.05) is 19.8 Å². The Bertz CT molecular complexity index is 390. The Morgan fingerprint density at radius 1 is 1.37 bits per heavy atom. The fourth-order valence-electron chi connectivity index (χ4n) is 2.88. The van der Waals surface area contributed by atoms with E-state index in [-0.39, 0.29) is 0 Å². The van der Waals surface area contributed by atoms with Crippen molar-refractivity contribution in [2.75, 3.05) is 31.6 Å². The summed E-state index contributed by atoms with van der Waals surface area (Å²) < 4.78 is 0. The van der Waals surface area contributed by atoms with E-state index in [0.29, 0.717) is 0 Å². The summed E-state index contributed by atoms with van der Waals surface area (Å²) in [6, 6.07) is 2.23. The van der Waals surface area contributed by atoms with E-state index >= 15 is 0 Å². The third kappa shape index (κ3) is 3.69. The van der Waals surface area contributed by atoms with Crippen molar-refractivity contribution in [3.05, 3.63) is 23.4 Å². The Hall–Kier alpha value is -1.09. The predicted octanol–water partition coefficient (Wildman–Crippen LogP) is 2.79. The SMILES string of the molecule is CCCCCc1ccnc2c1CCCN2CCNC. The second-order valence-electron chi connectivity index (χ2n) is 5.42. The molecule has 19 heavy (non-hydrogen) atoms. The zero-order valence-corrected chi connectivity index (χ0v) is 12.4. The van der Waals surface area contributed by atoms with Crippen LogP contribution in [0.3, 0.4) is 0 Å². The molecule has 3 nitrogen and oxygen atoms in total. The molecule has 0 saturated heterocycles. The molecule has 1 aliphatic heterocycles. The second-order valence-corrected chi connectivity index (χ2v) is 5.42. The lowest BCUT2D eigenvalue weighted by atomic mass is 9.96. The molecule has 106 valence electrons. The van der Waals surface area contributed by atoms with Gasteiger partial charge in [-0.15, -0.1) is 0 Å². The minimum Gasteiger partial charge on any atom is -0.355 e. The van der Waals surface area contributed by atoms with E-state index in [9.17, 15) is 0 Å². The molecule has 0 bridgehead atoms. The first-order chi connectivity index (χ1) is 9.36. The Morgan fingerprint density at radius 2 is 2.26 bits per heavy atom. The molecule has 0 saturated carbocycles. The van der Waals surface area contributed by atoms with Crippen LogP contribution in [0, 0.1) is 0 Å². The fourth-order valence-corrected chi connectivity index (χ4v) is 2.88. The maximum atomic E-state index is 4.64. The van der Waals surface area contributed by atoms with E-state index in [1.807, 2.05) is 13.2 Å². The van der Waals surface area contributed by atoms with Gasteiger partial charge in [0.25, 0.3) is 0 Å². The van der Waals surface area contributed by atoms with Crippen molar-refractivity contribution >= 4 is 5.82 Å². The van der Waals surface area contributed by atoms with E-state index in [1.165, 1.54) is 55.5 Å². The molecule has 0 unspecified atom stereocenters. The van der Waals surface area contributed by atoms with Crippen molar-refractivity contribution in [1.82, 2.24) is 10.3 Å². The van der Waals surface area contributed by atoms with Crippen LogP contribution in [-0.2, 0) is 12.8 Å². The van der Waals surface area contributed by atoms with Gasteiger partial charge < -0.3 is 10.2 Å². The quantitative estimate of drug-likeness (QED) is 0.765. The van der Waals surface area contributed by atoms with Crippen molar-refractivity contribution in [2.45, 2.75) is 45.4 Å². The normalized spacial score (nSPS) is 14.5. The summed E-state index contributed by atoms with van der Waals surface area (Å²) >= 11 is 0. The molecule has 1 N–H and O–H groups in total. The van der Waals surface area contributed by atoms with Gasteiger partial charge >= 0.3 is 0 Å². The molecule has 0 fully saturated rings. The molecule has 2 heterocycles. The zero-order valence-electron chi connectivity index (χ0n) is 12.4. The molecule has 0 atom stereocenters. The number of rotatable bonds is 7. The van der Waals surface area contributed by atoms with E-state index in [1.54, 1.807) is 0 Å². The van der Waals surface area contributed by atoms with Gasteiger partial charge in [0.1, 0.15) is 5.82 Å². The Labute approximate surface area is 117 Å². The number of anilines is 1. The number of hydrogen-bond acceptors (Lipinski definition) is 3. The average Bonchev–Trinajstić information content (AvgIpc) is 2.45. The van der Waals surface area contributed by atoms with Crippen molar-refractivity contribution in [3.8, 4) is 0 Å². The smallest absolute Gasteiger partial charge is 0.132 e. The van der Waals surface area contributed by atoms with E-state index in [4.69, 9.17) is 0 Å². The zero-order chi connectivity index (χ0) is 13.5. The molecule has 0 aromatic carbocycles. The molecule has 0 radical (unpaired) electrons. The molecule has 3 heteroatoms. The first-order valence-electron chi connectivity index (χ1n) is 7.73. The number of likely N-dealkylation sites (N-methyl/N-ethyl adjacent to an activating group) is 1. The maximum absolute atomic E-state index is 4.64. The third-order valence-electron chi connectivity index (χ3n) is 3.97. The van der Waals surface area contributed by atoms with Crippen LogP contribution < -0.4 is 10.2 Å². The van der Waals surface area contributed by atoms with Crippen LogP contribution in [0.5, 0.6) is 0 Å². The van der Waals surface area contributed by atoms with Crippen LogP contribution in [0.15, 0.2) is 12.3 Å². The summed E-state index contributed by atoms with van der Waals surface area (Å²) in [5.41, 5.74) is 3.05. The lowest BCUT2D eigenvalue weighted by molar-refractivity contribution is 0.645. The number of unbranched alkanes of at least 4 members (excludes halogenated alkanes) is 2. The van der Waals surface area contributed by atoms with Crippen LogP contribution in [0.2, 0.25) is 0 Å². The van der Waals surface area contributed by atoms with Gasteiger partial charge in [0, 0.05) is 25.8 Å². The minimum absolute atomic E-state index is 1.03. The van der Waals surface area contributed by atoms with Crippen LogP contribution in [0.25, 0.3) is 0 Å². The highest BCUT2D eigenvalue weighted by atomic mass is 15.2. The molecule has 2 rings (SSSR count). The largest absolute Gasteiger partial charge is 0.355 e. The molecule has 1 aromatic rings. The Morgan fingerprint density at radius 3 is 3.05 bits per heavy atom. The van der Waals surface area contributed by atoms with Crippen LogP contribution in [-0.4, -0.2) is 31.7 Å².